The number of hydrogen-bond donors (Lipinski definition) is 2. The summed E-state index contributed by atoms with van der Waals surface area (Å²) in [6.45, 7) is 4.78. The largest absolute Gasteiger partial charge is 0.398 e. The van der Waals surface area contributed by atoms with Gasteiger partial charge in [-0.05, 0) is 18.4 Å². The molecule has 3 N–H and O–H groups in total. The molecule has 0 heterocycles. The van der Waals surface area contributed by atoms with Gasteiger partial charge >= 0.3 is 0 Å². The quantitative estimate of drug-likeness (QED) is 0.616. The Bertz CT molecular complexity index is 447. The fourth-order valence-corrected chi connectivity index (χ4v) is 1.73. The van der Waals surface area contributed by atoms with Crippen LogP contribution in [0.25, 0.3) is 0 Å². The number of halogens is 2. The van der Waals surface area contributed by atoms with E-state index in [9.17, 15) is 13.6 Å². The van der Waals surface area contributed by atoms with E-state index in [-0.39, 0.29) is 11.3 Å². The third-order valence-corrected chi connectivity index (χ3v) is 2.83. The molecule has 0 fully saturated rings. The summed E-state index contributed by atoms with van der Waals surface area (Å²) in [6.07, 6.45) is 2.97. The number of anilines is 1. The zero-order chi connectivity index (χ0) is 14.4. The van der Waals surface area contributed by atoms with E-state index in [1.54, 1.807) is 0 Å². The van der Waals surface area contributed by atoms with Gasteiger partial charge in [0.25, 0.3) is 5.91 Å². The molecule has 0 saturated heterocycles. The molecule has 0 aliphatic heterocycles. The molecular formula is C14H20F2N2O. The number of nitrogens with one attached hydrogen (secondary N) is 1. The van der Waals surface area contributed by atoms with Crippen molar-refractivity contribution in [1.82, 2.24) is 5.32 Å². The number of carbonyl (C=O) groups excluding carboxylic acids is 1. The van der Waals surface area contributed by atoms with Gasteiger partial charge in [0.15, 0.2) is 11.6 Å². The third kappa shape index (κ3) is 4.85. The Hall–Kier alpha value is -1.65. The lowest BCUT2D eigenvalue weighted by Crippen LogP contribution is -2.25. The summed E-state index contributed by atoms with van der Waals surface area (Å²) >= 11 is 0. The molecule has 0 aliphatic carbocycles. The SMILES string of the molecule is CC(C)CCCCNC(=O)c1cc(F)c(F)cc1N. The lowest BCUT2D eigenvalue weighted by atomic mass is 10.1. The van der Waals surface area contributed by atoms with Crippen LogP contribution in [0.2, 0.25) is 0 Å². The molecule has 1 rings (SSSR count). The minimum atomic E-state index is -1.07. The zero-order valence-corrected chi connectivity index (χ0v) is 11.3. The van der Waals surface area contributed by atoms with Gasteiger partial charge in [-0.25, -0.2) is 8.78 Å². The first-order chi connectivity index (χ1) is 8.91. The fourth-order valence-electron chi connectivity index (χ4n) is 1.73. The second kappa shape index (κ2) is 7.07. The van der Waals surface area contributed by atoms with Crippen molar-refractivity contribution >= 4 is 11.6 Å². The van der Waals surface area contributed by atoms with Gasteiger partial charge in [-0.1, -0.05) is 26.7 Å². The van der Waals surface area contributed by atoms with Gasteiger partial charge in [-0.15, -0.1) is 0 Å². The molecule has 106 valence electrons. The number of carbonyl (C=O) groups is 1. The summed E-state index contributed by atoms with van der Waals surface area (Å²) in [6, 6.07) is 1.65. The van der Waals surface area contributed by atoms with Crippen LogP contribution in [-0.2, 0) is 0 Å². The number of nitrogen functional groups attached to an aromatic ring is 1. The van der Waals surface area contributed by atoms with Crippen molar-refractivity contribution < 1.29 is 13.6 Å². The average molecular weight is 270 g/mol. The van der Waals surface area contributed by atoms with Gasteiger partial charge in [-0.3, -0.25) is 4.79 Å². The summed E-state index contributed by atoms with van der Waals surface area (Å²) in [5, 5.41) is 2.65. The smallest absolute Gasteiger partial charge is 0.253 e. The highest BCUT2D eigenvalue weighted by molar-refractivity contribution is 5.99. The lowest BCUT2D eigenvalue weighted by Gasteiger charge is -2.08. The van der Waals surface area contributed by atoms with Crippen LogP contribution in [0.1, 0.15) is 43.5 Å². The first kappa shape index (κ1) is 15.4. The topological polar surface area (TPSA) is 55.1 Å². The standard InChI is InChI=1S/C14H20F2N2O/c1-9(2)5-3-4-6-18-14(19)10-7-11(15)12(16)8-13(10)17/h7-9H,3-6,17H2,1-2H3,(H,18,19). The number of hydrogen-bond acceptors (Lipinski definition) is 2. The zero-order valence-electron chi connectivity index (χ0n) is 11.3. The molecule has 0 radical (unpaired) electrons. The highest BCUT2D eigenvalue weighted by atomic mass is 19.2. The van der Waals surface area contributed by atoms with Crippen molar-refractivity contribution in [2.45, 2.75) is 33.1 Å². The van der Waals surface area contributed by atoms with E-state index in [1.807, 2.05) is 0 Å². The van der Waals surface area contributed by atoms with Gasteiger partial charge in [0, 0.05) is 18.3 Å². The second-order valence-electron chi connectivity index (χ2n) is 5.00. The van der Waals surface area contributed by atoms with Crippen molar-refractivity contribution in [3.05, 3.63) is 29.3 Å². The summed E-state index contributed by atoms with van der Waals surface area (Å²) < 4.78 is 25.9. The van der Waals surface area contributed by atoms with Crippen LogP contribution < -0.4 is 11.1 Å². The van der Waals surface area contributed by atoms with Crippen LogP contribution in [0.5, 0.6) is 0 Å². The summed E-state index contributed by atoms with van der Waals surface area (Å²) in [5.41, 5.74) is 5.41. The van der Waals surface area contributed by atoms with Crippen LogP contribution in [0.4, 0.5) is 14.5 Å². The lowest BCUT2D eigenvalue weighted by molar-refractivity contribution is 0.0953. The summed E-state index contributed by atoms with van der Waals surface area (Å²) in [5.74, 6) is -1.95. The highest BCUT2D eigenvalue weighted by Crippen LogP contribution is 2.16. The van der Waals surface area contributed by atoms with Gasteiger partial charge in [-0.2, -0.15) is 0 Å². The van der Waals surface area contributed by atoms with Crippen LogP contribution >= 0.6 is 0 Å². The molecule has 0 unspecified atom stereocenters. The molecule has 0 aliphatic rings. The van der Waals surface area contributed by atoms with E-state index in [0.29, 0.717) is 12.5 Å². The summed E-state index contributed by atoms with van der Waals surface area (Å²) in [7, 11) is 0. The van der Waals surface area contributed by atoms with Crippen LogP contribution in [0, 0.1) is 17.6 Å². The Kier molecular flexibility index (Phi) is 5.73. The van der Waals surface area contributed by atoms with Crippen molar-refractivity contribution in [3.8, 4) is 0 Å². The molecule has 0 spiro atoms. The van der Waals surface area contributed by atoms with Crippen LogP contribution in [-0.4, -0.2) is 12.5 Å². The molecule has 0 bridgehead atoms. The molecule has 1 aromatic carbocycles. The molecule has 1 aromatic rings. The monoisotopic (exact) mass is 270 g/mol. The Labute approximate surface area is 112 Å². The van der Waals surface area contributed by atoms with Crippen molar-refractivity contribution in [2.24, 2.45) is 5.92 Å². The molecule has 0 saturated carbocycles. The predicted molar refractivity (Wildman–Crippen MR) is 71.8 cm³/mol. The Balaban J connectivity index is 2.48. The Morgan fingerprint density at radius 2 is 1.89 bits per heavy atom. The maximum atomic E-state index is 13.0. The molecule has 0 aromatic heterocycles. The molecule has 19 heavy (non-hydrogen) atoms. The normalized spacial score (nSPS) is 10.8. The number of unbranched alkanes of at least 4 members (excludes halogenated alkanes) is 1. The predicted octanol–water partition coefficient (Wildman–Crippen LogP) is 3.10. The van der Waals surface area contributed by atoms with E-state index in [0.717, 1.165) is 31.4 Å². The van der Waals surface area contributed by atoms with Crippen molar-refractivity contribution in [2.75, 3.05) is 12.3 Å². The van der Waals surface area contributed by atoms with E-state index in [2.05, 4.69) is 19.2 Å². The van der Waals surface area contributed by atoms with E-state index in [4.69, 9.17) is 5.73 Å². The fraction of sp³-hybridized carbons (Fsp3) is 0.500. The van der Waals surface area contributed by atoms with Crippen LogP contribution in [0.15, 0.2) is 12.1 Å². The number of nitrogens with two attached hydrogens (primary N) is 1. The molecule has 1 amide bonds. The summed E-state index contributed by atoms with van der Waals surface area (Å²) in [4.78, 5) is 11.7. The second-order valence-corrected chi connectivity index (χ2v) is 5.00. The van der Waals surface area contributed by atoms with E-state index >= 15 is 0 Å². The van der Waals surface area contributed by atoms with Gasteiger partial charge in [0.2, 0.25) is 0 Å². The minimum Gasteiger partial charge on any atom is -0.398 e. The Morgan fingerprint density at radius 1 is 1.26 bits per heavy atom. The van der Waals surface area contributed by atoms with E-state index in [1.165, 1.54) is 0 Å². The molecule has 3 nitrogen and oxygen atoms in total. The van der Waals surface area contributed by atoms with Crippen LogP contribution in [0.3, 0.4) is 0 Å². The van der Waals surface area contributed by atoms with Gasteiger partial charge in [0.1, 0.15) is 0 Å². The maximum Gasteiger partial charge on any atom is 0.253 e. The molecule has 0 atom stereocenters. The maximum absolute atomic E-state index is 13.0. The first-order valence-corrected chi connectivity index (χ1v) is 6.44. The first-order valence-electron chi connectivity index (χ1n) is 6.44. The molecule has 5 heteroatoms. The van der Waals surface area contributed by atoms with Gasteiger partial charge < -0.3 is 11.1 Å². The number of rotatable bonds is 6. The number of benzene rings is 1. The number of amides is 1. The minimum absolute atomic E-state index is 0.0252. The highest BCUT2D eigenvalue weighted by Gasteiger charge is 2.13. The Morgan fingerprint density at radius 3 is 2.53 bits per heavy atom. The van der Waals surface area contributed by atoms with E-state index < -0.39 is 17.5 Å². The third-order valence-electron chi connectivity index (χ3n) is 2.83. The van der Waals surface area contributed by atoms with Crippen molar-refractivity contribution in [3.63, 3.8) is 0 Å². The van der Waals surface area contributed by atoms with Crippen molar-refractivity contribution in [1.29, 1.82) is 0 Å². The van der Waals surface area contributed by atoms with Gasteiger partial charge in [0.05, 0.1) is 5.56 Å². The molecular weight excluding hydrogens is 250 g/mol. The average Bonchev–Trinajstić information content (AvgIpc) is 2.32.